The van der Waals surface area contributed by atoms with Gasteiger partial charge >= 0.3 is 0 Å². The predicted molar refractivity (Wildman–Crippen MR) is 106 cm³/mol. The van der Waals surface area contributed by atoms with Crippen LogP contribution in [0, 0.1) is 11.6 Å². The molecule has 3 N–H and O–H groups in total. The smallest absolute Gasteiger partial charge is 0.265 e. The van der Waals surface area contributed by atoms with E-state index in [1.165, 1.54) is 29.2 Å². The van der Waals surface area contributed by atoms with Gasteiger partial charge < -0.3 is 9.64 Å². The van der Waals surface area contributed by atoms with Gasteiger partial charge in [0, 0.05) is 23.4 Å². The summed E-state index contributed by atoms with van der Waals surface area (Å²) in [5.41, 5.74) is 2.41. The van der Waals surface area contributed by atoms with Gasteiger partial charge in [0.1, 0.15) is 18.2 Å². The van der Waals surface area contributed by atoms with Crippen molar-refractivity contribution in [3.8, 4) is 0 Å². The number of amides is 2. The van der Waals surface area contributed by atoms with Crippen molar-refractivity contribution in [2.24, 2.45) is 5.84 Å². The fourth-order valence-corrected chi connectivity index (χ4v) is 2.71. The first-order valence-corrected chi connectivity index (χ1v) is 9.37. The van der Waals surface area contributed by atoms with Gasteiger partial charge in [0.15, 0.2) is 0 Å². The van der Waals surface area contributed by atoms with Crippen LogP contribution in [0.4, 0.5) is 14.5 Å². The lowest BCUT2D eigenvalue weighted by molar-refractivity contribution is -0.123. The Bertz CT molecular complexity index is 880. The molecule has 0 unspecified atom stereocenters. The number of rotatable bonds is 9. The van der Waals surface area contributed by atoms with E-state index in [0.29, 0.717) is 12.3 Å². The van der Waals surface area contributed by atoms with E-state index in [2.05, 4.69) is 0 Å². The second kappa shape index (κ2) is 10.8. The van der Waals surface area contributed by atoms with Gasteiger partial charge in [-0.3, -0.25) is 15.0 Å². The topological polar surface area (TPSA) is 84.7 Å². The highest BCUT2D eigenvalue weighted by Gasteiger charge is 2.20. The standard InChI is InChI=1S/C20H22ClF2N3O3/c1-2-3-8-29-12-19(27)26(15-6-7-17(22)16(21)10-15)11-14-5-4-13(9-18(14)23)20(28)25-24/h4-7,9-10H,2-3,8,11-12,24H2,1H3,(H,25,28). The summed E-state index contributed by atoms with van der Waals surface area (Å²) in [6, 6.07) is 7.58. The van der Waals surface area contributed by atoms with Gasteiger partial charge in [-0.15, -0.1) is 0 Å². The van der Waals surface area contributed by atoms with E-state index in [-0.39, 0.29) is 29.3 Å². The number of hydrazine groups is 1. The van der Waals surface area contributed by atoms with Crippen LogP contribution in [0.2, 0.25) is 5.02 Å². The average Bonchev–Trinajstić information content (AvgIpc) is 2.71. The lowest BCUT2D eigenvalue weighted by Gasteiger charge is -2.24. The van der Waals surface area contributed by atoms with Crippen molar-refractivity contribution >= 4 is 29.1 Å². The first-order valence-electron chi connectivity index (χ1n) is 8.99. The van der Waals surface area contributed by atoms with Gasteiger partial charge in [0.25, 0.3) is 11.8 Å². The van der Waals surface area contributed by atoms with Crippen LogP contribution in [0.25, 0.3) is 0 Å². The van der Waals surface area contributed by atoms with Crippen molar-refractivity contribution in [1.82, 2.24) is 5.43 Å². The van der Waals surface area contributed by atoms with Gasteiger partial charge in [-0.05, 0) is 36.8 Å². The van der Waals surface area contributed by atoms with Crippen LogP contribution in [-0.4, -0.2) is 25.0 Å². The minimum absolute atomic E-state index is 0.0411. The van der Waals surface area contributed by atoms with Gasteiger partial charge in [-0.2, -0.15) is 0 Å². The minimum Gasteiger partial charge on any atom is -0.372 e. The quantitative estimate of drug-likeness (QED) is 0.278. The van der Waals surface area contributed by atoms with Crippen LogP contribution >= 0.6 is 11.6 Å². The highest BCUT2D eigenvalue weighted by Crippen LogP contribution is 2.25. The number of unbranched alkanes of at least 4 members (excludes halogenated alkanes) is 1. The molecule has 29 heavy (non-hydrogen) atoms. The molecule has 0 heterocycles. The molecule has 2 rings (SSSR count). The zero-order valence-electron chi connectivity index (χ0n) is 15.9. The van der Waals surface area contributed by atoms with Crippen molar-refractivity contribution in [3.63, 3.8) is 0 Å². The molecule has 9 heteroatoms. The number of carbonyl (C=O) groups is 2. The summed E-state index contributed by atoms with van der Waals surface area (Å²) in [4.78, 5) is 25.5. The zero-order valence-corrected chi connectivity index (χ0v) is 16.6. The van der Waals surface area contributed by atoms with Crippen LogP contribution in [0.3, 0.4) is 0 Å². The Kier molecular flexibility index (Phi) is 8.50. The number of nitrogens with zero attached hydrogens (tertiary/aromatic N) is 1. The lowest BCUT2D eigenvalue weighted by Crippen LogP contribution is -2.34. The summed E-state index contributed by atoms with van der Waals surface area (Å²) in [5, 5.41) is -0.164. The molecule has 2 amide bonds. The number of benzene rings is 2. The molecule has 0 fully saturated rings. The van der Waals surface area contributed by atoms with Crippen LogP contribution in [0.15, 0.2) is 36.4 Å². The van der Waals surface area contributed by atoms with Crippen molar-refractivity contribution < 1.29 is 23.1 Å². The zero-order chi connectivity index (χ0) is 21.4. The first kappa shape index (κ1) is 22.7. The van der Waals surface area contributed by atoms with Crippen molar-refractivity contribution in [2.45, 2.75) is 26.3 Å². The SMILES string of the molecule is CCCCOCC(=O)N(Cc1ccc(C(=O)NN)cc1F)c1ccc(F)c(Cl)c1. The molecule has 0 bridgehead atoms. The van der Waals surface area contributed by atoms with E-state index in [1.807, 2.05) is 12.3 Å². The number of ether oxygens (including phenoxy) is 1. The Morgan fingerprint density at radius 3 is 2.55 bits per heavy atom. The summed E-state index contributed by atoms with van der Waals surface area (Å²) < 4.78 is 33.4. The molecule has 0 aromatic heterocycles. The summed E-state index contributed by atoms with van der Waals surface area (Å²) in [6.07, 6.45) is 1.72. The van der Waals surface area contributed by atoms with Crippen LogP contribution in [0.1, 0.15) is 35.7 Å². The lowest BCUT2D eigenvalue weighted by atomic mass is 10.1. The first-order chi connectivity index (χ1) is 13.9. The third-order valence-corrected chi connectivity index (χ3v) is 4.45. The molecule has 0 aliphatic heterocycles. The van der Waals surface area contributed by atoms with Gasteiger partial charge in [0.2, 0.25) is 0 Å². The largest absolute Gasteiger partial charge is 0.372 e. The number of nitrogens with one attached hydrogen (secondary N) is 1. The summed E-state index contributed by atoms with van der Waals surface area (Å²) in [5.74, 6) is 2.65. The van der Waals surface area contributed by atoms with Crippen LogP contribution in [-0.2, 0) is 16.1 Å². The number of carbonyl (C=O) groups excluding carboxylic acids is 2. The molecule has 0 aliphatic carbocycles. The van der Waals surface area contributed by atoms with Gasteiger partial charge in [-0.1, -0.05) is 31.0 Å². The summed E-state index contributed by atoms with van der Waals surface area (Å²) >= 11 is 5.84. The number of nitrogens with two attached hydrogens (primary N) is 1. The molecular formula is C20H22ClF2N3O3. The minimum atomic E-state index is -0.691. The second-order valence-electron chi connectivity index (χ2n) is 6.26. The average molecular weight is 426 g/mol. The highest BCUT2D eigenvalue weighted by atomic mass is 35.5. The Morgan fingerprint density at radius 1 is 1.17 bits per heavy atom. The molecule has 0 saturated carbocycles. The Balaban J connectivity index is 2.28. The van der Waals surface area contributed by atoms with Crippen molar-refractivity contribution in [1.29, 1.82) is 0 Å². The molecule has 2 aromatic carbocycles. The maximum absolute atomic E-state index is 14.5. The normalized spacial score (nSPS) is 10.7. The third kappa shape index (κ3) is 6.22. The van der Waals surface area contributed by atoms with Crippen molar-refractivity contribution in [3.05, 3.63) is 64.2 Å². The third-order valence-electron chi connectivity index (χ3n) is 4.16. The van der Waals surface area contributed by atoms with E-state index < -0.39 is 23.4 Å². The monoisotopic (exact) mass is 425 g/mol. The molecule has 0 spiro atoms. The van der Waals surface area contributed by atoms with Crippen LogP contribution < -0.4 is 16.2 Å². The van der Waals surface area contributed by atoms with E-state index in [4.69, 9.17) is 22.2 Å². The van der Waals surface area contributed by atoms with E-state index in [0.717, 1.165) is 25.0 Å². The fourth-order valence-electron chi connectivity index (χ4n) is 2.53. The number of hydrogen-bond acceptors (Lipinski definition) is 4. The van der Waals surface area contributed by atoms with Gasteiger partial charge in [0.05, 0.1) is 11.6 Å². The highest BCUT2D eigenvalue weighted by molar-refractivity contribution is 6.31. The van der Waals surface area contributed by atoms with Crippen LogP contribution in [0.5, 0.6) is 0 Å². The summed E-state index contributed by atoms with van der Waals surface area (Å²) in [7, 11) is 0. The molecule has 6 nitrogen and oxygen atoms in total. The second-order valence-corrected chi connectivity index (χ2v) is 6.67. The number of hydrogen-bond donors (Lipinski definition) is 2. The van der Waals surface area contributed by atoms with E-state index in [9.17, 15) is 18.4 Å². The number of nitrogen functional groups attached to an aromatic ring is 1. The van der Waals surface area contributed by atoms with E-state index >= 15 is 0 Å². The molecule has 0 saturated heterocycles. The molecule has 2 aromatic rings. The van der Waals surface area contributed by atoms with Gasteiger partial charge in [-0.25, -0.2) is 14.6 Å². The fraction of sp³-hybridized carbons (Fsp3) is 0.300. The Hall–Kier alpha value is -2.55. The number of anilines is 1. The molecular weight excluding hydrogens is 404 g/mol. The van der Waals surface area contributed by atoms with E-state index in [1.54, 1.807) is 0 Å². The predicted octanol–water partition coefficient (Wildman–Crippen LogP) is 3.57. The number of halogens is 3. The Morgan fingerprint density at radius 2 is 1.93 bits per heavy atom. The molecule has 0 aliphatic rings. The molecule has 0 radical (unpaired) electrons. The summed E-state index contributed by atoms with van der Waals surface area (Å²) in [6.45, 7) is 2.03. The maximum Gasteiger partial charge on any atom is 0.265 e. The molecule has 0 atom stereocenters. The molecule has 156 valence electrons. The Labute approximate surface area is 172 Å². The van der Waals surface area contributed by atoms with Crippen molar-refractivity contribution in [2.75, 3.05) is 18.1 Å². The maximum atomic E-state index is 14.5.